The predicted molar refractivity (Wildman–Crippen MR) is 62.6 cm³/mol. The van der Waals surface area contributed by atoms with Crippen LogP contribution in [0, 0.1) is 25.2 Å². The van der Waals surface area contributed by atoms with Crippen molar-refractivity contribution in [3.63, 3.8) is 0 Å². The highest BCUT2D eigenvalue weighted by atomic mass is 32.2. The summed E-state index contributed by atoms with van der Waals surface area (Å²) < 4.78 is 30.2. The van der Waals surface area contributed by atoms with Crippen molar-refractivity contribution in [3.8, 4) is 6.07 Å². The van der Waals surface area contributed by atoms with Gasteiger partial charge in [0.15, 0.2) is 5.76 Å². The third kappa shape index (κ3) is 3.30. The Balaban J connectivity index is 3.20. The molecule has 0 saturated carbocycles. The molecule has 1 heterocycles. The van der Waals surface area contributed by atoms with E-state index in [0.717, 1.165) is 4.31 Å². The molecule has 9 heteroatoms. The molecule has 1 rings (SSSR count). The molecule has 0 amide bonds. The second kappa shape index (κ2) is 5.81. The molecule has 0 unspecified atom stereocenters. The zero-order chi connectivity index (χ0) is 14.6. The van der Waals surface area contributed by atoms with Crippen LogP contribution in [-0.2, 0) is 14.8 Å². The summed E-state index contributed by atoms with van der Waals surface area (Å²) in [4.78, 5) is 10.6. The molecule has 0 aromatic carbocycles. The van der Waals surface area contributed by atoms with Gasteiger partial charge in [-0.25, -0.2) is 8.42 Å². The Kier molecular flexibility index (Phi) is 4.63. The van der Waals surface area contributed by atoms with Gasteiger partial charge in [-0.2, -0.15) is 9.57 Å². The van der Waals surface area contributed by atoms with Crippen molar-refractivity contribution in [2.45, 2.75) is 25.2 Å². The highest BCUT2D eigenvalue weighted by molar-refractivity contribution is 7.89. The fraction of sp³-hybridized carbons (Fsp3) is 0.500. The minimum atomic E-state index is -4.04. The minimum Gasteiger partial charge on any atom is -0.480 e. The molecule has 0 radical (unpaired) electrons. The fourth-order valence-electron chi connectivity index (χ4n) is 1.58. The highest BCUT2D eigenvalue weighted by Gasteiger charge is 2.31. The summed E-state index contributed by atoms with van der Waals surface area (Å²) in [7, 11) is -4.04. The maximum atomic E-state index is 12.3. The average molecular weight is 287 g/mol. The molecule has 19 heavy (non-hydrogen) atoms. The first-order chi connectivity index (χ1) is 8.80. The largest absolute Gasteiger partial charge is 0.480 e. The van der Waals surface area contributed by atoms with Crippen LogP contribution in [0.2, 0.25) is 0 Å². The van der Waals surface area contributed by atoms with Gasteiger partial charge in [-0.05, 0) is 13.8 Å². The van der Waals surface area contributed by atoms with E-state index in [9.17, 15) is 13.2 Å². The topological polar surface area (TPSA) is 125 Å². The number of aryl methyl sites for hydroxylation is 2. The molecule has 0 aliphatic heterocycles. The van der Waals surface area contributed by atoms with Crippen molar-refractivity contribution in [2.24, 2.45) is 0 Å². The first-order valence-electron chi connectivity index (χ1n) is 5.32. The van der Waals surface area contributed by atoms with Crippen LogP contribution < -0.4 is 0 Å². The third-order valence-electron chi connectivity index (χ3n) is 2.35. The van der Waals surface area contributed by atoms with Gasteiger partial charge in [-0.3, -0.25) is 4.79 Å². The van der Waals surface area contributed by atoms with Gasteiger partial charge in [0.1, 0.15) is 17.1 Å². The van der Waals surface area contributed by atoms with Crippen molar-refractivity contribution >= 4 is 16.0 Å². The lowest BCUT2D eigenvalue weighted by molar-refractivity contribution is -0.137. The Morgan fingerprint density at radius 2 is 2.16 bits per heavy atom. The molecule has 8 nitrogen and oxygen atoms in total. The van der Waals surface area contributed by atoms with Crippen LogP contribution in [0.4, 0.5) is 0 Å². The van der Waals surface area contributed by atoms with Gasteiger partial charge in [-0.15, -0.1) is 0 Å². The Bertz CT molecular complexity index is 594. The zero-order valence-electron chi connectivity index (χ0n) is 10.5. The normalized spacial score (nSPS) is 11.5. The fourth-order valence-corrected chi connectivity index (χ4v) is 3.26. The second-order valence-corrected chi connectivity index (χ2v) is 5.67. The maximum absolute atomic E-state index is 12.3. The lowest BCUT2D eigenvalue weighted by atomic mass is 10.4. The Hall–Kier alpha value is -1.92. The lowest BCUT2D eigenvalue weighted by Gasteiger charge is -2.18. The number of sulfonamides is 1. The Morgan fingerprint density at radius 3 is 2.58 bits per heavy atom. The molecule has 1 aromatic rings. The summed E-state index contributed by atoms with van der Waals surface area (Å²) in [5.74, 6) is -1.21. The quantitative estimate of drug-likeness (QED) is 0.796. The highest BCUT2D eigenvalue weighted by Crippen LogP contribution is 2.23. The number of hydrogen-bond acceptors (Lipinski definition) is 6. The number of aromatic nitrogens is 1. The van der Waals surface area contributed by atoms with Gasteiger partial charge in [0.25, 0.3) is 0 Å². The number of nitrogens with zero attached hydrogens (tertiary/aromatic N) is 3. The third-order valence-corrected chi connectivity index (χ3v) is 4.44. The van der Waals surface area contributed by atoms with E-state index in [4.69, 9.17) is 14.9 Å². The number of carbonyl (C=O) groups is 1. The monoisotopic (exact) mass is 287 g/mol. The smallest absolute Gasteiger partial charge is 0.318 e. The van der Waals surface area contributed by atoms with E-state index >= 15 is 0 Å². The molecule has 0 bridgehead atoms. The zero-order valence-corrected chi connectivity index (χ0v) is 11.3. The summed E-state index contributed by atoms with van der Waals surface area (Å²) in [5, 5.41) is 20.8. The van der Waals surface area contributed by atoms with E-state index in [1.54, 1.807) is 6.07 Å². The summed E-state index contributed by atoms with van der Waals surface area (Å²) in [6, 6.07) is 1.78. The van der Waals surface area contributed by atoms with E-state index < -0.39 is 22.5 Å². The molecule has 0 spiro atoms. The summed E-state index contributed by atoms with van der Waals surface area (Å²) in [5.41, 5.74) is 0.157. The van der Waals surface area contributed by atoms with Gasteiger partial charge in [0, 0.05) is 13.0 Å². The van der Waals surface area contributed by atoms with Gasteiger partial charge in [0.2, 0.25) is 10.0 Å². The molecule has 104 valence electrons. The van der Waals surface area contributed by atoms with Crippen LogP contribution in [0.25, 0.3) is 0 Å². The van der Waals surface area contributed by atoms with E-state index in [2.05, 4.69) is 5.16 Å². The average Bonchev–Trinajstić information content (AvgIpc) is 2.64. The predicted octanol–water partition coefficient (Wildman–Crippen LogP) is 0.280. The number of hydrogen-bond donors (Lipinski definition) is 1. The summed E-state index contributed by atoms with van der Waals surface area (Å²) in [6.07, 6.45) is -0.101. The number of carboxylic acid groups (broad SMARTS) is 1. The molecule has 0 atom stereocenters. The lowest BCUT2D eigenvalue weighted by Crippen LogP contribution is -2.36. The van der Waals surface area contributed by atoms with Gasteiger partial charge < -0.3 is 9.63 Å². The first kappa shape index (κ1) is 15.1. The molecule has 0 saturated heterocycles. The Morgan fingerprint density at radius 1 is 1.53 bits per heavy atom. The molecule has 0 fully saturated rings. The van der Waals surface area contributed by atoms with Crippen molar-refractivity contribution < 1.29 is 22.8 Å². The molecule has 0 aliphatic carbocycles. The first-order valence-corrected chi connectivity index (χ1v) is 6.76. The molecule has 0 aliphatic rings. The van der Waals surface area contributed by atoms with Crippen LogP contribution in [0.5, 0.6) is 0 Å². The van der Waals surface area contributed by atoms with Crippen LogP contribution in [0.15, 0.2) is 9.42 Å². The number of carboxylic acids is 1. The van der Waals surface area contributed by atoms with Crippen molar-refractivity contribution in [1.82, 2.24) is 9.46 Å². The van der Waals surface area contributed by atoms with Crippen LogP contribution in [0.1, 0.15) is 17.9 Å². The molecular weight excluding hydrogens is 274 g/mol. The van der Waals surface area contributed by atoms with E-state index in [1.807, 2.05) is 0 Å². The van der Waals surface area contributed by atoms with Gasteiger partial charge in [-0.1, -0.05) is 5.16 Å². The van der Waals surface area contributed by atoms with E-state index in [0.29, 0.717) is 0 Å². The Labute approximate surface area is 110 Å². The minimum absolute atomic E-state index is 0.0878. The summed E-state index contributed by atoms with van der Waals surface area (Å²) in [6.45, 7) is 1.96. The van der Waals surface area contributed by atoms with Crippen molar-refractivity contribution in [3.05, 3.63) is 11.5 Å². The standard InChI is InChI=1S/C10H13N3O5S/c1-7-10(8(2)18-12-7)19(16,17)13(5-3-4-11)6-9(14)15/h3,5-6H2,1-2H3,(H,14,15). The number of nitriles is 1. The van der Waals surface area contributed by atoms with Crippen LogP contribution in [-0.4, -0.2) is 42.0 Å². The van der Waals surface area contributed by atoms with Crippen molar-refractivity contribution in [1.29, 1.82) is 5.26 Å². The molecule has 1 N–H and O–H groups in total. The van der Waals surface area contributed by atoms with Gasteiger partial charge in [0.05, 0.1) is 6.07 Å². The van der Waals surface area contributed by atoms with Crippen molar-refractivity contribution in [2.75, 3.05) is 13.1 Å². The van der Waals surface area contributed by atoms with E-state index in [-0.39, 0.29) is 29.3 Å². The maximum Gasteiger partial charge on any atom is 0.318 e. The SMILES string of the molecule is Cc1noc(C)c1S(=O)(=O)N(CCC#N)CC(=O)O. The second-order valence-electron chi connectivity index (χ2n) is 3.79. The van der Waals surface area contributed by atoms with Crippen LogP contribution >= 0.6 is 0 Å². The van der Waals surface area contributed by atoms with E-state index in [1.165, 1.54) is 13.8 Å². The summed E-state index contributed by atoms with van der Waals surface area (Å²) >= 11 is 0. The van der Waals surface area contributed by atoms with Gasteiger partial charge >= 0.3 is 5.97 Å². The number of aliphatic carboxylic acids is 1. The molecule has 1 aromatic heterocycles. The molecular formula is C10H13N3O5S. The van der Waals surface area contributed by atoms with Crippen LogP contribution in [0.3, 0.4) is 0 Å². The number of rotatable bonds is 6.